The maximum absolute atomic E-state index is 13.9. The molecule has 0 saturated carbocycles. The van der Waals surface area contributed by atoms with E-state index in [1.165, 1.54) is 17.4 Å². The van der Waals surface area contributed by atoms with Gasteiger partial charge in [-0.3, -0.25) is 10.1 Å². The first kappa shape index (κ1) is 22.8. The fourth-order valence-corrected chi connectivity index (χ4v) is 4.28. The fourth-order valence-electron chi connectivity index (χ4n) is 3.53. The van der Waals surface area contributed by atoms with Crippen LogP contribution in [0, 0.1) is 5.82 Å². The molecule has 0 aliphatic carbocycles. The number of ether oxygens (including phenoxy) is 1. The molecule has 3 aromatic rings. The number of fused-ring (bicyclic) bond motifs is 1. The van der Waals surface area contributed by atoms with Crippen molar-refractivity contribution in [3.63, 3.8) is 0 Å². The van der Waals surface area contributed by atoms with Crippen molar-refractivity contribution < 1.29 is 18.7 Å². The monoisotopic (exact) mass is 468 g/mol. The highest BCUT2D eigenvalue weighted by Gasteiger charge is 2.26. The molecule has 2 heterocycles. The number of nitrogens with zero attached hydrogens (tertiary/aromatic N) is 3. The molecule has 0 bridgehead atoms. The van der Waals surface area contributed by atoms with Gasteiger partial charge in [-0.1, -0.05) is 35.6 Å². The number of nitrogens with one attached hydrogen (secondary N) is 1. The highest BCUT2D eigenvalue weighted by Crippen LogP contribution is 2.24. The Bertz CT molecular complexity index is 1190. The van der Waals surface area contributed by atoms with Gasteiger partial charge >= 0.3 is 6.09 Å². The van der Waals surface area contributed by atoms with Gasteiger partial charge in [-0.25, -0.2) is 9.18 Å². The molecule has 0 atom stereocenters. The quantitative estimate of drug-likeness (QED) is 0.594. The second-order valence-corrected chi connectivity index (χ2v) is 9.92. The van der Waals surface area contributed by atoms with Crippen LogP contribution < -0.4 is 5.32 Å². The van der Waals surface area contributed by atoms with Gasteiger partial charge in [-0.2, -0.15) is 0 Å². The summed E-state index contributed by atoms with van der Waals surface area (Å²) in [4.78, 5) is 26.8. The molecule has 172 valence electrons. The maximum atomic E-state index is 13.9. The van der Waals surface area contributed by atoms with E-state index in [1.54, 1.807) is 29.2 Å². The van der Waals surface area contributed by atoms with Crippen LogP contribution in [0.15, 0.2) is 42.5 Å². The van der Waals surface area contributed by atoms with Gasteiger partial charge in [-0.15, -0.1) is 10.2 Å². The number of anilines is 1. The zero-order chi connectivity index (χ0) is 23.6. The second-order valence-electron chi connectivity index (χ2n) is 8.86. The van der Waals surface area contributed by atoms with E-state index in [2.05, 4.69) is 15.5 Å². The fraction of sp³-hybridized carbons (Fsp3) is 0.333. The summed E-state index contributed by atoms with van der Waals surface area (Å²) in [5.74, 6) is -0.585. The van der Waals surface area contributed by atoms with Crippen LogP contribution in [-0.2, 0) is 24.1 Å². The number of hydrogen-bond acceptors (Lipinski definition) is 6. The molecular formula is C24H25FN4O3S. The molecule has 9 heteroatoms. The Kier molecular flexibility index (Phi) is 6.42. The Labute approximate surface area is 195 Å². The normalized spacial score (nSPS) is 13.4. The third-order valence-corrected chi connectivity index (χ3v) is 5.96. The lowest BCUT2D eigenvalue weighted by atomic mass is 9.97. The molecule has 0 fully saturated rings. The van der Waals surface area contributed by atoms with Crippen molar-refractivity contribution in [3.8, 4) is 0 Å². The molecule has 1 aromatic heterocycles. The predicted molar refractivity (Wildman–Crippen MR) is 124 cm³/mol. The average Bonchev–Trinajstić information content (AvgIpc) is 3.20. The average molecular weight is 469 g/mol. The zero-order valence-electron chi connectivity index (χ0n) is 18.7. The molecule has 4 rings (SSSR count). The minimum Gasteiger partial charge on any atom is -0.444 e. The molecular weight excluding hydrogens is 443 g/mol. The minimum absolute atomic E-state index is 0.291. The predicted octanol–water partition coefficient (Wildman–Crippen LogP) is 4.81. The lowest BCUT2D eigenvalue weighted by molar-refractivity contribution is 0.0224. The summed E-state index contributed by atoms with van der Waals surface area (Å²) in [5, 5.41) is 11.8. The SMILES string of the molecule is CC(C)(C)OC(=O)N1CCc2cc(C(=O)Nc3nnc(Cc4ccccc4F)s3)ccc2C1. The summed E-state index contributed by atoms with van der Waals surface area (Å²) in [6, 6.07) is 12.0. The van der Waals surface area contributed by atoms with Crippen molar-refractivity contribution in [1.82, 2.24) is 15.1 Å². The molecule has 1 aliphatic heterocycles. The van der Waals surface area contributed by atoms with E-state index in [1.807, 2.05) is 32.9 Å². The first-order chi connectivity index (χ1) is 15.7. The molecule has 7 nitrogen and oxygen atoms in total. The Hall–Kier alpha value is -3.33. The van der Waals surface area contributed by atoms with E-state index in [0.717, 1.165) is 11.1 Å². The Morgan fingerprint density at radius 1 is 1.15 bits per heavy atom. The van der Waals surface area contributed by atoms with E-state index in [0.29, 0.717) is 47.2 Å². The van der Waals surface area contributed by atoms with Crippen molar-refractivity contribution in [2.45, 2.75) is 45.8 Å². The van der Waals surface area contributed by atoms with Gasteiger partial charge in [-0.05, 0) is 62.1 Å². The van der Waals surface area contributed by atoms with Gasteiger partial charge in [0.2, 0.25) is 5.13 Å². The largest absolute Gasteiger partial charge is 0.444 e. The van der Waals surface area contributed by atoms with Gasteiger partial charge in [0, 0.05) is 25.1 Å². The number of halogens is 1. The molecule has 0 saturated heterocycles. The van der Waals surface area contributed by atoms with Gasteiger partial charge < -0.3 is 9.64 Å². The zero-order valence-corrected chi connectivity index (χ0v) is 19.5. The van der Waals surface area contributed by atoms with Crippen molar-refractivity contribution in [1.29, 1.82) is 0 Å². The highest BCUT2D eigenvalue weighted by atomic mass is 32.1. The number of hydrogen-bond donors (Lipinski definition) is 1. The number of aromatic nitrogens is 2. The van der Waals surface area contributed by atoms with Crippen LogP contribution in [0.4, 0.5) is 14.3 Å². The van der Waals surface area contributed by atoms with E-state index in [9.17, 15) is 14.0 Å². The molecule has 0 spiro atoms. The smallest absolute Gasteiger partial charge is 0.410 e. The van der Waals surface area contributed by atoms with Gasteiger partial charge in [0.25, 0.3) is 5.91 Å². The number of amides is 2. The molecule has 33 heavy (non-hydrogen) atoms. The van der Waals surface area contributed by atoms with Crippen LogP contribution in [0.2, 0.25) is 0 Å². The summed E-state index contributed by atoms with van der Waals surface area (Å²) in [6.45, 7) is 6.50. The van der Waals surface area contributed by atoms with E-state index in [-0.39, 0.29) is 17.8 Å². The first-order valence-corrected chi connectivity index (χ1v) is 11.5. The maximum Gasteiger partial charge on any atom is 0.410 e. The van der Waals surface area contributed by atoms with Crippen molar-refractivity contribution in [3.05, 3.63) is 75.5 Å². The minimum atomic E-state index is -0.543. The Morgan fingerprint density at radius 2 is 1.94 bits per heavy atom. The summed E-state index contributed by atoms with van der Waals surface area (Å²) in [6.07, 6.45) is 0.617. The molecule has 1 N–H and O–H groups in total. The third kappa shape index (κ3) is 5.73. The van der Waals surface area contributed by atoms with Crippen LogP contribution >= 0.6 is 11.3 Å². The van der Waals surface area contributed by atoms with Crippen LogP contribution in [0.3, 0.4) is 0 Å². The summed E-state index contributed by atoms with van der Waals surface area (Å²) >= 11 is 1.22. The Morgan fingerprint density at radius 3 is 2.70 bits per heavy atom. The number of carbonyl (C=O) groups is 2. The topological polar surface area (TPSA) is 84.4 Å². The lowest BCUT2D eigenvalue weighted by Crippen LogP contribution is -2.39. The molecule has 2 aromatic carbocycles. The molecule has 0 radical (unpaired) electrons. The standard InChI is InChI=1S/C24H25FN4O3S/c1-24(2,3)32-23(31)29-11-10-15-12-17(8-9-18(15)14-29)21(30)26-22-28-27-20(33-22)13-16-6-4-5-7-19(16)25/h4-9,12H,10-11,13-14H2,1-3H3,(H,26,28,30). The second kappa shape index (κ2) is 9.27. The number of benzene rings is 2. The van der Waals surface area contributed by atoms with Crippen LogP contribution in [0.5, 0.6) is 0 Å². The molecule has 2 amide bonds. The number of rotatable bonds is 4. The summed E-state index contributed by atoms with van der Waals surface area (Å²) < 4.78 is 19.3. The van der Waals surface area contributed by atoms with E-state index >= 15 is 0 Å². The van der Waals surface area contributed by atoms with Gasteiger partial charge in [0.05, 0.1) is 0 Å². The van der Waals surface area contributed by atoms with Crippen LogP contribution in [0.25, 0.3) is 0 Å². The van der Waals surface area contributed by atoms with Crippen LogP contribution in [0.1, 0.15) is 52.8 Å². The third-order valence-electron chi connectivity index (χ3n) is 5.12. The van der Waals surface area contributed by atoms with Gasteiger partial charge in [0.1, 0.15) is 16.4 Å². The number of carbonyl (C=O) groups excluding carboxylic acids is 2. The molecule has 0 unspecified atom stereocenters. The Balaban J connectivity index is 1.39. The lowest BCUT2D eigenvalue weighted by Gasteiger charge is -2.31. The van der Waals surface area contributed by atoms with E-state index in [4.69, 9.17) is 4.74 Å². The van der Waals surface area contributed by atoms with E-state index < -0.39 is 5.60 Å². The van der Waals surface area contributed by atoms with Gasteiger partial charge in [0.15, 0.2) is 0 Å². The first-order valence-electron chi connectivity index (χ1n) is 10.6. The highest BCUT2D eigenvalue weighted by molar-refractivity contribution is 7.15. The van der Waals surface area contributed by atoms with Crippen molar-refractivity contribution >= 4 is 28.5 Å². The van der Waals surface area contributed by atoms with Crippen molar-refractivity contribution in [2.75, 3.05) is 11.9 Å². The van der Waals surface area contributed by atoms with Crippen LogP contribution in [-0.4, -0.2) is 39.2 Å². The summed E-state index contributed by atoms with van der Waals surface area (Å²) in [7, 11) is 0. The summed E-state index contributed by atoms with van der Waals surface area (Å²) in [5.41, 5.74) is 2.51. The van der Waals surface area contributed by atoms with Crippen molar-refractivity contribution in [2.24, 2.45) is 0 Å². The molecule has 1 aliphatic rings.